The summed E-state index contributed by atoms with van der Waals surface area (Å²) in [7, 11) is 1.67. The largest absolute Gasteiger partial charge is 0.496 e. The second kappa shape index (κ2) is 6.88. The number of para-hydroxylation sites is 1. The number of ether oxygens (including phenoxy) is 1. The first-order valence-electron chi connectivity index (χ1n) is 6.58. The van der Waals surface area contributed by atoms with E-state index in [-0.39, 0.29) is 0 Å². The van der Waals surface area contributed by atoms with Crippen LogP contribution in [-0.4, -0.2) is 17.1 Å². The average Bonchev–Trinajstić information content (AvgIpc) is 2.45. The van der Waals surface area contributed by atoms with Crippen LogP contribution in [0.2, 0.25) is 0 Å². The summed E-state index contributed by atoms with van der Waals surface area (Å²) in [4.78, 5) is 9.03. The minimum Gasteiger partial charge on any atom is -0.496 e. The lowest BCUT2D eigenvalue weighted by molar-refractivity contribution is 0.410. The summed E-state index contributed by atoms with van der Waals surface area (Å²) in [6.45, 7) is 2.13. The molecule has 4 nitrogen and oxygen atoms in total. The summed E-state index contributed by atoms with van der Waals surface area (Å²) < 4.78 is 6.33. The number of anilines is 1. The average molecular weight is 383 g/mol. The normalized spacial score (nSPS) is 10.6. The molecule has 0 aliphatic heterocycles. The highest BCUT2D eigenvalue weighted by Gasteiger charge is 2.11. The number of rotatable bonds is 5. The zero-order chi connectivity index (χ0) is 14.5. The molecule has 0 spiro atoms. The van der Waals surface area contributed by atoms with Gasteiger partial charge in [0.05, 0.1) is 16.4 Å². The molecule has 1 aromatic carbocycles. The van der Waals surface area contributed by atoms with E-state index in [1.165, 1.54) is 0 Å². The standard InChI is InChI=1S/C15H18IN3O/c1-3-6-11-14(16)15(17)19-13(18-11)9-10-7-4-5-8-12(10)20-2/h4-5,7-8H,3,6,9H2,1-2H3,(H2,17,18,19). The Kier molecular flexibility index (Phi) is 5.17. The fourth-order valence-electron chi connectivity index (χ4n) is 2.07. The van der Waals surface area contributed by atoms with Gasteiger partial charge >= 0.3 is 0 Å². The number of nitrogen functional groups attached to an aromatic ring is 1. The van der Waals surface area contributed by atoms with Crippen LogP contribution < -0.4 is 10.5 Å². The maximum absolute atomic E-state index is 5.99. The predicted molar refractivity (Wildman–Crippen MR) is 89.0 cm³/mol. The fraction of sp³-hybridized carbons (Fsp3) is 0.333. The Balaban J connectivity index is 2.34. The minimum atomic E-state index is 0.564. The molecule has 106 valence electrons. The summed E-state index contributed by atoms with van der Waals surface area (Å²) >= 11 is 2.22. The number of hydrogen-bond donors (Lipinski definition) is 1. The summed E-state index contributed by atoms with van der Waals surface area (Å²) in [5.41, 5.74) is 8.09. The molecule has 0 aliphatic carbocycles. The summed E-state index contributed by atoms with van der Waals surface area (Å²) in [6.07, 6.45) is 2.59. The van der Waals surface area contributed by atoms with Crippen molar-refractivity contribution in [3.8, 4) is 5.75 Å². The Labute approximate surface area is 132 Å². The van der Waals surface area contributed by atoms with Crippen LogP contribution in [-0.2, 0) is 12.8 Å². The van der Waals surface area contributed by atoms with Crippen molar-refractivity contribution in [2.45, 2.75) is 26.2 Å². The van der Waals surface area contributed by atoms with Crippen molar-refractivity contribution >= 4 is 28.4 Å². The number of hydrogen-bond acceptors (Lipinski definition) is 4. The van der Waals surface area contributed by atoms with Gasteiger partial charge in [0.1, 0.15) is 17.4 Å². The number of halogens is 1. The van der Waals surface area contributed by atoms with Gasteiger partial charge in [0.15, 0.2) is 0 Å². The third-order valence-electron chi connectivity index (χ3n) is 3.02. The summed E-state index contributed by atoms with van der Waals surface area (Å²) in [6, 6.07) is 7.91. The van der Waals surface area contributed by atoms with E-state index >= 15 is 0 Å². The molecule has 1 heterocycles. The van der Waals surface area contributed by atoms with Crippen molar-refractivity contribution in [1.29, 1.82) is 0 Å². The van der Waals surface area contributed by atoms with E-state index < -0.39 is 0 Å². The lowest BCUT2D eigenvalue weighted by Crippen LogP contribution is -2.08. The zero-order valence-corrected chi connectivity index (χ0v) is 13.8. The Morgan fingerprint density at radius 2 is 2.00 bits per heavy atom. The number of aromatic nitrogens is 2. The molecule has 2 rings (SSSR count). The van der Waals surface area contributed by atoms with Gasteiger partial charge in [-0.1, -0.05) is 31.5 Å². The van der Waals surface area contributed by atoms with Gasteiger partial charge < -0.3 is 10.5 Å². The topological polar surface area (TPSA) is 61.0 Å². The highest BCUT2D eigenvalue weighted by atomic mass is 127. The monoisotopic (exact) mass is 383 g/mol. The van der Waals surface area contributed by atoms with Gasteiger partial charge in [-0.2, -0.15) is 0 Å². The Hall–Kier alpha value is -1.37. The van der Waals surface area contributed by atoms with Gasteiger partial charge in [-0.3, -0.25) is 0 Å². The maximum Gasteiger partial charge on any atom is 0.140 e. The second-order valence-corrected chi connectivity index (χ2v) is 5.60. The highest BCUT2D eigenvalue weighted by Crippen LogP contribution is 2.22. The Morgan fingerprint density at radius 3 is 2.70 bits per heavy atom. The van der Waals surface area contributed by atoms with Gasteiger partial charge in [-0.15, -0.1) is 0 Å². The highest BCUT2D eigenvalue weighted by molar-refractivity contribution is 14.1. The van der Waals surface area contributed by atoms with Gasteiger partial charge in [-0.25, -0.2) is 9.97 Å². The lowest BCUT2D eigenvalue weighted by Gasteiger charge is -2.10. The SMILES string of the molecule is CCCc1nc(Cc2ccccc2OC)nc(N)c1I. The van der Waals surface area contributed by atoms with E-state index in [9.17, 15) is 0 Å². The minimum absolute atomic E-state index is 0.564. The van der Waals surface area contributed by atoms with Crippen LogP contribution in [0.25, 0.3) is 0 Å². The van der Waals surface area contributed by atoms with Crippen LogP contribution in [0.4, 0.5) is 5.82 Å². The number of nitrogens with two attached hydrogens (primary N) is 1. The zero-order valence-electron chi connectivity index (χ0n) is 11.7. The van der Waals surface area contributed by atoms with Crippen LogP contribution in [0.3, 0.4) is 0 Å². The number of methoxy groups -OCH3 is 1. The third kappa shape index (κ3) is 3.39. The fourth-order valence-corrected chi connectivity index (χ4v) is 2.58. The molecule has 5 heteroatoms. The van der Waals surface area contributed by atoms with Crippen LogP contribution in [0, 0.1) is 3.57 Å². The molecule has 0 saturated heterocycles. The number of benzene rings is 1. The molecule has 0 bridgehead atoms. The first-order chi connectivity index (χ1) is 9.65. The molecular formula is C15H18IN3O. The maximum atomic E-state index is 5.99. The van der Waals surface area contributed by atoms with Crippen molar-refractivity contribution in [3.05, 3.63) is 44.9 Å². The van der Waals surface area contributed by atoms with Crippen LogP contribution in [0.5, 0.6) is 5.75 Å². The molecule has 0 amide bonds. The molecule has 20 heavy (non-hydrogen) atoms. The molecule has 1 aromatic heterocycles. The van der Waals surface area contributed by atoms with Crippen LogP contribution >= 0.6 is 22.6 Å². The molecule has 0 unspecified atom stereocenters. The predicted octanol–water partition coefficient (Wildman–Crippen LogP) is 3.22. The van der Waals surface area contributed by atoms with E-state index in [1.807, 2.05) is 24.3 Å². The molecule has 0 aliphatic rings. The van der Waals surface area contributed by atoms with Crippen LogP contribution in [0.1, 0.15) is 30.4 Å². The molecule has 2 aromatic rings. The van der Waals surface area contributed by atoms with Gasteiger partial charge in [-0.05, 0) is 35.1 Å². The second-order valence-electron chi connectivity index (χ2n) is 4.52. The molecule has 0 radical (unpaired) electrons. The Bertz CT molecular complexity index is 602. The smallest absolute Gasteiger partial charge is 0.140 e. The van der Waals surface area contributed by atoms with E-state index in [0.29, 0.717) is 12.2 Å². The van der Waals surface area contributed by atoms with Crippen molar-refractivity contribution in [3.63, 3.8) is 0 Å². The van der Waals surface area contributed by atoms with Crippen molar-refractivity contribution in [2.24, 2.45) is 0 Å². The lowest BCUT2D eigenvalue weighted by atomic mass is 10.1. The first kappa shape index (κ1) is 15.0. The molecular weight excluding hydrogens is 365 g/mol. The first-order valence-corrected chi connectivity index (χ1v) is 7.66. The van der Waals surface area contributed by atoms with Crippen molar-refractivity contribution in [2.75, 3.05) is 12.8 Å². The van der Waals surface area contributed by atoms with E-state index in [2.05, 4.69) is 39.5 Å². The molecule has 0 saturated carbocycles. The number of nitrogens with zero attached hydrogens (tertiary/aromatic N) is 2. The van der Waals surface area contributed by atoms with E-state index in [0.717, 1.165) is 39.2 Å². The summed E-state index contributed by atoms with van der Waals surface area (Å²) in [5, 5.41) is 0. The Morgan fingerprint density at radius 1 is 1.25 bits per heavy atom. The molecule has 0 atom stereocenters. The quantitative estimate of drug-likeness (QED) is 0.806. The van der Waals surface area contributed by atoms with Gasteiger partial charge in [0.2, 0.25) is 0 Å². The van der Waals surface area contributed by atoms with Crippen LogP contribution in [0.15, 0.2) is 24.3 Å². The third-order valence-corrected chi connectivity index (χ3v) is 4.19. The summed E-state index contributed by atoms with van der Waals surface area (Å²) in [5.74, 6) is 2.16. The van der Waals surface area contributed by atoms with Crippen molar-refractivity contribution < 1.29 is 4.74 Å². The van der Waals surface area contributed by atoms with E-state index in [4.69, 9.17) is 10.5 Å². The van der Waals surface area contributed by atoms with Gasteiger partial charge in [0.25, 0.3) is 0 Å². The van der Waals surface area contributed by atoms with Crippen molar-refractivity contribution in [1.82, 2.24) is 9.97 Å². The van der Waals surface area contributed by atoms with Gasteiger partial charge in [0, 0.05) is 12.0 Å². The van der Waals surface area contributed by atoms with E-state index in [1.54, 1.807) is 7.11 Å². The number of aryl methyl sites for hydroxylation is 1. The molecule has 0 fully saturated rings. The molecule has 2 N–H and O–H groups in total.